The summed E-state index contributed by atoms with van der Waals surface area (Å²) >= 11 is 1.53. The first kappa shape index (κ1) is 19.1. The normalized spacial score (nSPS) is 12.6. The molecule has 0 saturated heterocycles. The predicted octanol–water partition coefficient (Wildman–Crippen LogP) is 3.49. The highest BCUT2D eigenvalue weighted by Gasteiger charge is 2.27. The number of aliphatic carboxylic acids is 1. The van der Waals surface area contributed by atoms with Crippen LogP contribution in [-0.2, 0) is 28.0 Å². The van der Waals surface area contributed by atoms with E-state index in [0.29, 0.717) is 5.69 Å². The Morgan fingerprint density at radius 3 is 2.40 bits per heavy atom. The monoisotopic (exact) mass is 360 g/mol. The van der Waals surface area contributed by atoms with Crippen LogP contribution < -0.4 is 0 Å². The summed E-state index contributed by atoms with van der Waals surface area (Å²) in [5.41, 5.74) is 1.53. The molecule has 0 aliphatic heterocycles. The summed E-state index contributed by atoms with van der Waals surface area (Å²) in [5.74, 6) is -1.25. The minimum atomic E-state index is -1.02. The third-order valence-corrected chi connectivity index (χ3v) is 5.18. The summed E-state index contributed by atoms with van der Waals surface area (Å²) < 4.78 is 0. The van der Waals surface area contributed by atoms with Crippen LogP contribution in [0.3, 0.4) is 0 Å². The van der Waals surface area contributed by atoms with E-state index < -0.39 is 12.0 Å². The van der Waals surface area contributed by atoms with Crippen LogP contribution in [0.15, 0.2) is 35.7 Å². The van der Waals surface area contributed by atoms with E-state index in [0.717, 1.165) is 10.6 Å². The summed E-state index contributed by atoms with van der Waals surface area (Å²) in [5, 5.41) is 12.2. The first-order valence-electron chi connectivity index (χ1n) is 8.19. The number of carbonyl (C=O) groups is 2. The number of hydrogen-bond donors (Lipinski definition) is 1. The summed E-state index contributed by atoms with van der Waals surface area (Å²) in [6, 6.07) is 8.51. The van der Waals surface area contributed by atoms with E-state index in [1.807, 2.05) is 35.7 Å². The molecule has 2 aromatic rings. The van der Waals surface area contributed by atoms with Crippen LogP contribution in [0, 0.1) is 0 Å². The highest BCUT2D eigenvalue weighted by Crippen LogP contribution is 2.26. The Morgan fingerprint density at radius 2 is 1.88 bits per heavy atom. The van der Waals surface area contributed by atoms with E-state index in [1.54, 1.807) is 0 Å². The third kappa shape index (κ3) is 5.13. The molecule has 6 heteroatoms. The second-order valence-electron chi connectivity index (χ2n) is 7.09. The highest BCUT2D eigenvalue weighted by atomic mass is 32.1. The van der Waals surface area contributed by atoms with Crippen molar-refractivity contribution in [1.82, 2.24) is 9.88 Å². The van der Waals surface area contributed by atoms with Crippen LogP contribution in [0.2, 0.25) is 0 Å². The number of benzene rings is 1. The summed E-state index contributed by atoms with van der Waals surface area (Å²) in [7, 11) is 0. The number of thiazole rings is 1. The molecule has 0 spiro atoms. The van der Waals surface area contributed by atoms with Crippen molar-refractivity contribution in [2.24, 2.45) is 0 Å². The van der Waals surface area contributed by atoms with Crippen LogP contribution in [0.4, 0.5) is 0 Å². The molecule has 0 radical (unpaired) electrons. The molecule has 0 fully saturated rings. The SMILES string of the molecule is CC(C(=O)O)N(Cc1ccccc1)C(=O)Cc1csc(C(C)(C)C)n1. The van der Waals surface area contributed by atoms with Gasteiger partial charge in [0.1, 0.15) is 6.04 Å². The molecular weight excluding hydrogens is 336 g/mol. The second-order valence-corrected chi connectivity index (χ2v) is 7.95. The van der Waals surface area contributed by atoms with Crippen LogP contribution in [0.1, 0.15) is 44.0 Å². The Hall–Kier alpha value is -2.21. The van der Waals surface area contributed by atoms with Gasteiger partial charge >= 0.3 is 5.97 Å². The van der Waals surface area contributed by atoms with Crippen LogP contribution in [0.25, 0.3) is 0 Å². The lowest BCUT2D eigenvalue weighted by molar-refractivity contribution is -0.149. The molecule has 1 heterocycles. The third-order valence-electron chi connectivity index (χ3n) is 3.87. The summed E-state index contributed by atoms with van der Waals surface area (Å²) in [6.07, 6.45) is 0.108. The molecule has 1 N–H and O–H groups in total. The molecule has 1 unspecified atom stereocenters. The Bertz CT molecular complexity index is 735. The zero-order chi connectivity index (χ0) is 18.6. The van der Waals surface area contributed by atoms with Crippen molar-refractivity contribution < 1.29 is 14.7 Å². The maximum atomic E-state index is 12.7. The van der Waals surface area contributed by atoms with E-state index >= 15 is 0 Å². The molecule has 134 valence electrons. The van der Waals surface area contributed by atoms with Gasteiger partial charge in [-0.25, -0.2) is 9.78 Å². The number of nitrogens with zero attached hydrogens (tertiary/aromatic N) is 2. The van der Waals surface area contributed by atoms with Crippen molar-refractivity contribution in [2.45, 2.75) is 52.1 Å². The van der Waals surface area contributed by atoms with Crippen molar-refractivity contribution in [2.75, 3.05) is 0 Å². The fourth-order valence-electron chi connectivity index (χ4n) is 2.34. The smallest absolute Gasteiger partial charge is 0.326 e. The minimum absolute atomic E-state index is 0.0654. The van der Waals surface area contributed by atoms with Crippen molar-refractivity contribution in [3.05, 3.63) is 52.0 Å². The van der Waals surface area contributed by atoms with Gasteiger partial charge in [-0.05, 0) is 12.5 Å². The molecule has 2 rings (SSSR count). The Morgan fingerprint density at radius 1 is 1.24 bits per heavy atom. The van der Waals surface area contributed by atoms with Gasteiger partial charge in [0.2, 0.25) is 5.91 Å². The molecule has 0 aliphatic rings. The molecule has 0 aliphatic carbocycles. The predicted molar refractivity (Wildman–Crippen MR) is 98.6 cm³/mol. The largest absolute Gasteiger partial charge is 0.480 e. The Labute approximate surface area is 152 Å². The molecule has 1 atom stereocenters. The second kappa shape index (κ2) is 7.78. The van der Waals surface area contributed by atoms with E-state index in [9.17, 15) is 14.7 Å². The van der Waals surface area contributed by atoms with Gasteiger partial charge in [0, 0.05) is 17.3 Å². The van der Waals surface area contributed by atoms with Crippen LogP contribution in [-0.4, -0.2) is 32.9 Å². The minimum Gasteiger partial charge on any atom is -0.480 e. The van der Waals surface area contributed by atoms with Gasteiger partial charge in [-0.15, -0.1) is 11.3 Å². The molecule has 5 nitrogen and oxygen atoms in total. The van der Waals surface area contributed by atoms with E-state index in [1.165, 1.54) is 23.2 Å². The van der Waals surface area contributed by atoms with Crippen LogP contribution >= 0.6 is 11.3 Å². The summed E-state index contributed by atoms with van der Waals surface area (Å²) in [6.45, 7) is 8.02. The summed E-state index contributed by atoms with van der Waals surface area (Å²) in [4.78, 5) is 30.1. The molecule has 0 saturated carbocycles. The highest BCUT2D eigenvalue weighted by molar-refractivity contribution is 7.09. The van der Waals surface area contributed by atoms with E-state index in [4.69, 9.17) is 0 Å². The topological polar surface area (TPSA) is 70.5 Å². The molecule has 1 amide bonds. The van der Waals surface area contributed by atoms with Crippen molar-refractivity contribution in [3.63, 3.8) is 0 Å². The maximum Gasteiger partial charge on any atom is 0.326 e. The maximum absolute atomic E-state index is 12.7. The van der Waals surface area contributed by atoms with Crippen molar-refractivity contribution in [3.8, 4) is 0 Å². The van der Waals surface area contributed by atoms with Crippen molar-refractivity contribution in [1.29, 1.82) is 0 Å². The number of carbonyl (C=O) groups excluding carboxylic acids is 1. The zero-order valence-corrected chi connectivity index (χ0v) is 15.8. The van der Waals surface area contributed by atoms with Gasteiger partial charge in [-0.2, -0.15) is 0 Å². The van der Waals surface area contributed by atoms with Gasteiger partial charge in [0.25, 0.3) is 0 Å². The number of carboxylic acids is 1. The lowest BCUT2D eigenvalue weighted by atomic mass is 9.98. The number of rotatable bonds is 6. The Kier molecular flexibility index (Phi) is 5.95. The number of carboxylic acid groups (broad SMARTS) is 1. The first-order chi connectivity index (χ1) is 11.7. The number of aromatic nitrogens is 1. The average molecular weight is 360 g/mol. The zero-order valence-electron chi connectivity index (χ0n) is 15.0. The van der Waals surface area contributed by atoms with Gasteiger partial charge in [0.05, 0.1) is 17.1 Å². The number of hydrogen-bond acceptors (Lipinski definition) is 4. The van der Waals surface area contributed by atoms with Crippen LogP contribution in [0.5, 0.6) is 0 Å². The van der Waals surface area contributed by atoms with E-state index in [2.05, 4.69) is 25.8 Å². The standard InChI is InChI=1S/C19H24N2O3S/c1-13(17(23)24)21(11-14-8-6-5-7-9-14)16(22)10-15-12-25-18(20-15)19(2,3)4/h5-9,12-13H,10-11H2,1-4H3,(H,23,24). The quantitative estimate of drug-likeness (QED) is 0.856. The molecule has 0 bridgehead atoms. The molecule has 25 heavy (non-hydrogen) atoms. The molecule has 1 aromatic carbocycles. The number of amides is 1. The van der Waals surface area contributed by atoms with Crippen molar-refractivity contribution >= 4 is 23.2 Å². The van der Waals surface area contributed by atoms with Gasteiger partial charge in [-0.3, -0.25) is 4.79 Å². The van der Waals surface area contributed by atoms with Gasteiger partial charge < -0.3 is 10.0 Å². The molecule has 1 aromatic heterocycles. The van der Waals surface area contributed by atoms with Gasteiger partial charge in [-0.1, -0.05) is 51.1 Å². The lowest BCUT2D eigenvalue weighted by Crippen LogP contribution is -2.43. The van der Waals surface area contributed by atoms with Gasteiger partial charge in [0.15, 0.2) is 0 Å². The fraction of sp³-hybridized carbons (Fsp3) is 0.421. The fourth-order valence-corrected chi connectivity index (χ4v) is 3.25. The van der Waals surface area contributed by atoms with E-state index in [-0.39, 0.29) is 24.3 Å². The average Bonchev–Trinajstić information content (AvgIpc) is 3.01. The molecular formula is C19H24N2O3S. The Balaban J connectivity index is 2.17. The lowest BCUT2D eigenvalue weighted by Gasteiger charge is -2.26. The first-order valence-corrected chi connectivity index (χ1v) is 9.07.